The van der Waals surface area contributed by atoms with Crippen molar-refractivity contribution in [2.45, 2.75) is 31.8 Å². The SMILES string of the molecule is O=C(CCl)N(Cc1c(F)ccc(Cl)c1F)C1CCc2ncccc2C1. The summed E-state index contributed by atoms with van der Waals surface area (Å²) < 4.78 is 28.3. The number of benzene rings is 1. The highest BCUT2D eigenvalue weighted by Gasteiger charge is 2.29. The van der Waals surface area contributed by atoms with Gasteiger partial charge in [-0.15, -0.1) is 11.6 Å². The monoisotopic (exact) mass is 384 g/mol. The molecule has 2 aromatic rings. The van der Waals surface area contributed by atoms with Gasteiger partial charge in [0.05, 0.1) is 11.6 Å². The maximum Gasteiger partial charge on any atom is 0.238 e. The molecular formula is C18H16Cl2F2N2O. The topological polar surface area (TPSA) is 33.2 Å². The molecule has 1 aliphatic rings. The molecule has 3 nitrogen and oxygen atoms in total. The van der Waals surface area contributed by atoms with Crippen LogP contribution in [-0.2, 0) is 24.2 Å². The van der Waals surface area contributed by atoms with E-state index in [1.165, 1.54) is 4.90 Å². The number of hydrogen-bond acceptors (Lipinski definition) is 2. The van der Waals surface area contributed by atoms with Gasteiger partial charge in [0.25, 0.3) is 0 Å². The van der Waals surface area contributed by atoms with E-state index in [1.54, 1.807) is 6.20 Å². The van der Waals surface area contributed by atoms with Crippen molar-refractivity contribution in [2.75, 3.05) is 5.88 Å². The molecule has 25 heavy (non-hydrogen) atoms. The molecule has 1 unspecified atom stereocenters. The number of aromatic nitrogens is 1. The Kier molecular flexibility index (Phi) is 5.54. The van der Waals surface area contributed by atoms with Crippen LogP contribution in [0.15, 0.2) is 30.5 Å². The number of hydrogen-bond donors (Lipinski definition) is 0. The summed E-state index contributed by atoms with van der Waals surface area (Å²) in [5.74, 6) is -2.18. The number of fused-ring (bicyclic) bond motifs is 1. The average molecular weight is 385 g/mol. The van der Waals surface area contributed by atoms with E-state index in [1.807, 2.05) is 12.1 Å². The van der Waals surface area contributed by atoms with Gasteiger partial charge in [0.2, 0.25) is 5.91 Å². The summed E-state index contributed by atoms with van der Waals surface area (Å²) in [6, 6.07) is 5.86. The molecule has 1 heterocycles. The molecule has 132 valence electrons. The minimum Gasteiger partial charge on any atom is -0.334 e. The molecule has 0 bridgehead atoms. The molecule has 0 saturated heterocycles. The van der Waals surface area contributed by atoms with Crippen LogP contribution in [0.25, 0.3) is 0 Å². The Labute approximate surface area is 154 Å². The largest absolute Gasteiger partial charge is 0.334 e. The number of rotatable bonds is 4. The number of amides is 1. The zero-order valence-electron chi connectivity index (χ0n) is 13.3. The highest BCUT2D eigenvalue weighted by Crippen LogP contribution is 2.27. The van der Waals surface area contributed by atoms with Crippen LogP contribution in [-0.4, -0.2) is 27.7 Å². The molecular weight excluding hydrogens is 369 g/mol. The van der Waals surface area contributed by atoms with E-state index < -0.39 is 11.6 Å². The predicted octanol–water partition coefficient (Wildman–Crippen LogP) is 4.14. The molecule has 1 aromatic carbocycles. The van der Waals surface area contributed by atoms with Crippen molar-refractivity contribution < 1.29 is 13.6 Å². The molecule has 1 aromatic heterocycles. The van der Waals surface area contributed by atoms with Gasteiger partial charge in [-0.05, 0) is 43.0 Å². The number of pyridine rings is 1. The molecule has 0 N–H and O–H groups in total. The summed E-state index contributed by atoms with van der Waals surface area (Å²) in [6.07, 6.45) is 3.68. The van der Waals surface area contributed by atoms with Gasteiger partial charge in [0, 0.05) is 23.5 Å². The van der Waals surface area contributed by atoms with Gasteiger partial charge in [0.1, 0.15) is 17.5 Å². The minimum atomic E-state index is -0.841. The second-order valence-electron chi connectivity index (χ2n) is 5.98. The zero-order chi connectivity index (χ0) is 18.0. The summed E-state index contributed by atoms with van der Waals surface area (Å²) in [5.41, 5.74) is 1.82. The summed E-state index contributed by atoms with van der Waals surface area (Å²) in [5, 5.41) is -0.173. The number of nitrogens with zero attached hydrogens (tertiary/aromatic N) is 2. The first-order chi connectivity index (χ1) is 12.0. The number of carbonyl (C=O) groups excluding carboxylic acids is 1. The van der Waals surface area contributed by atoms with Crippen molar-refractivity contribution in [3.05, 3.63) is 63.9 Å². The fraction of sp³-hybridized carbons (Fsp3) is 0.333. The predicted molar refractivity (Wildman–Crippen MR) is 92.7 cm³/mol. The van der Waals surface area contributed by atoms with Crippen molar-refractivity contribution in [3.8, 4) is 0 Å². The van der Waals surface area contributed by atoms with Crippen LogP contribution in [0.2, 0.25) is 5.02 Å². The molecule has 7 heteroatoms. The summed E-state index contributed by atoms with van der Waals surface area (Å²) in [6.45, 7) is -0.204. The fourth-order valence-electron chi connectivity index (χ4n) is 3.19. The van der Waals surface area contributed by atoms with Crippen molar-refractivity contribution >= 4 is 29.1 Å². The van der Waals surface area contributed by atoms with Crippen LogP contribution in [0.4, 0.5) is 8.78 Å². The summed E-state index contributed by atoms with van der Waals surface area (Å²) >= 11 is 11.5. The van der Waals surface area contributed by atoms with E-state index in [0.29, 0.717) is 19.3 Å². The van der Waals surface area contributed by atoms with Gasteiger partial charge in [-0.1, -0.05) is 17.7 Å². The molecule has 0 saturated carbocycles. The van der Waals surface area contributed by atoms with Crippen LogP contribution in [0.3, 0.4) is 0 Å². The Morgan fingerprint density at radius 3 is 2.88 bits per heavy atom. The normalized spacial score (nSPS) is 16.4. The second kappa shape index (κ2) is 7.67. The Balaban J connectivity index is 1.90. The van der Waals surface area contributed by atoms with Gasteiger partial charge in [0.15, 0.2) is 0 Å². The van der Waals surface area contributed by atoms with E-state index in [9.17, 15) is 13.6 Å². The molecule has 0 fully saturated rings. The van der Waals surface area contributed by atoms with Gasteiger partial charge in [-0.3, -0.25) is 9.78 Å². The molecule has 0 radical (unpaired) electrons. The first-order valence-electron chi connectivity index (χ1n) is 7.91. The number of halogens is 4. The Hall–Kier alpha value is -1.72. The summed E-state index contributed by atoms with van der Waals surface area (Å²) in [7, 11) is 0. The van der Waals surface area contributed by atoms with Crippen LogP contribution < -0.4 is 0 Å². The van der Waals surface area contributed by atoms with Crippen molar-refractivity contribution in [1.29, 1.82) is 0 Å². The Morgan fingerprint density at radius 2 is 2.12 bits per heavy atom. The van der Waals surface area contributed by atoms with Crippen molar-refractivity contribution in [3.63, 3.8) is 0 Å². The molecule has 1 amide bonds. The zero-order valence-corrected chi connectivity index (χ0v) is 14.8. The van der Waals surface area contributed by atoms with Gasteiger partial charge in [-0.25, -0.2) is 8.78 Å². The summed E-state index contributed by atoms with van der Waals surface area (Å²) in [4.78, 5) is 18.1. The van der Waals surface area contributed by atoms with Crippen molar-refractivity contribution in [1.82, 2.24) is 9.88 Å². The van der Waals surface area contributed by atoms with E-state index in [-0.39, 0.29) is 35.0 Å². The molecule has 3 rings (SSSR count). The lowest BCUT2D eigenvalue weighted by Gasteiger charge is -2.35. The molecule has 1 atom stereocenters. The minimum absolute atomic E-state index is 0.173. The van der Waals surface area contributed by atoms with Gasteiger partial charge in [-0.2, -0.15) is 0 Å². The first-order valence-corrected chi connectivity index (χ1v) is 8.83. The molecule has 1 aliphatic carbocycles. The molecule has 0 spiro atoms. The maximum atomic E-state index is 14.2. The van der Waals surface area contributed by atoms with Gasteiger partial charge >= 0.3 is 0 Å². The highest BCUT2D eigenvalue weighted by molar-refractivity contribution is 6.30. The number of alkyl halides is 1. The lowest BCUT2D eigenvalue weighted by molar-refractivity contribution is -0.131. The highest BCUT2D eigenvalue weighted by atomic mass is 35.5. The lowest BCUT2D eigenvalue weighted by Crippen LogP contribution is -2.44. The maximum absolute atomic E-state index is 14.2. The standard InChI is InChI=1S/C18H16Cl2F2N2O/c19-9-17(25)24(10-13-15(21)5-4-14(20)18(13)22)12-3-6-16-11(8-12)2-1-7-23-16/h1-2,4-5,7,12H,3,6,8-10H2. The fourth-order valence-corrected chi connectivity index (χ4v) is 3.52. The van der Waals surface area contributed by atoms with Gasteiger partial charge < -0.3 is 4.90 Å². The van der Waals surface area contributed by atoms with Crippen LogP contribution in [0, 0.1) is 11.6 Å². The van der Waals surface area contributed by atoms with Crippen LogP contribution in [0.5, 0.6) is 0 Å². The lowest BCUT2D eigenvalue weighted by atomic mass is 9.90. The average Bonchev–Trinajstić information content (AvgIpc) is 2.64. The Bertz CT molecular complexity index is 801. The molecule has 0 aliphatic heterocycles. The van der Waals surface area contributed by atoms with Crippen molar-refractivity contribution in [2.24, 2.45) is 0 Å². The van der Waals surface area contributed by atoms with E-state index in [0.717, 1.165) is 23.4 Å². The van der Waals surface area contributed by atoms with Crippen LogP contribution in [0.1, 0.15) is 23.2 Å². The quantitative estimate of drug-likeness (QED) is 0.586. The number of aryl methyl sites for hydroxylation is 1. The third-order valence-electron chi connectivity index (χ3n) is 4.50. The number of carbonyl (C=O) groups is 1. The third kappa shape index (κ3) is 3.77. The van der Waals surface area contributed by atoms with E-state index >= 15 is 0 Å². The smallest absolute Gasteiger partial charge is 0.238 e. The Morgan fingerprint density at radius 1 is 1.32 bits per heavy atom. The van der Waals surface area contributed by atoms with Crippen LogP contribution >= 0.6 is 23.2 Å². The first kappa shape index (κ1) is 18.1. The van der Waals surface area contributed by atoms with E-state index in [4.69, 9.17) is 23.2 Å². The van der Waals surface area contributed by atoms with E-state index in [2.05, 4.69) is 4.98 Å². The second-order valence-corrected chi connectivity index (χ2v) is 6.66. The third-order valence-corrected chi connectivity index (χ3v) is 5.02.